The minimum absolute atomic E-state index is 0.314. The van der Waals surface area contributed by atoms with E-state index in [0.29, 0.717) is 17.3 Å². The molecule has 0 aliphatic heterocycles. The standard InChI is InChI=1S/C21H28ClN3O3S/c1-5-24(6-2)19-12-10-17(11-13-19)15-23-21(26)16(3)25(29(4,27)28)20-9-7-8-18(22)14-20/h7-14,16H,5-6,15H2,1-4H3,(H,23,26). The largest absolute Gasteiger partial charge is 0.372 e. The zero-order chi connectivity index (χ0) is 21.6. The predicted molar refractivity (Wildman–Crippen MR) is 120 cm³/mol. The van der Waals surface area contributed by atoms with E-state index in [1.807, 2.05) is 24.3 Å². The van der Waals surface area contributed by atoms with Crippen LogP contribution in [0.2, 0.25) is 5.02 Å². The second kappa shape index (κ2) is 9.98. The summed E-state index contributed by atoms with van der Waals surface area (Å²) >= 11 is 5.99. The van der Waals surface area contributed by atoms with E-state index in [0.717, 1.165) is 34.9 Å². The van der Waals surface area contributed by atoms with Gasteiger partial charge in [-0.05, 0) is 56.7 Å². The number of benzene rings is 2. The number of carbonyl (C=O) groups is 1. The molecule has 0 saturated carbocycles. The number of sulfonamides is 1. The molecule has 158 valence electrons. The molecule has 0 heterocycles. The highest BCUT2D eigenvalue weighted by molar-refractivity contribution is 7.92. The number of halogens is 1. The quantitative estimate of drug-likeness (QED) is 0.650. The molecule has 29 heavy (non-hydrogen) atoms. The summed E-state index contributed by atoms with van der Waals surface area (Å²) in [6, 6.07) is 13.5. The van der Waals surface area contributed by atoms with Crippen LogP contribution in [0.4, 0.5) is 11.4 Å². The maximum absolute atomic E-state index is 12.7. The number of carbonyl (C=O) groups excluding carboxylic acids is 1. The summed E-state index contributed by atoms with van der Waals surface area (Å²) in [6.07, 6.45) is 1.07. The van der Waals surface area contributed by atoms with Crippen LogP contribution in [-0.2, 0) is 21.4 Å². The van der Waals surface area contributed by atoms with Gasteiger partial charge in [0.1, 0.15) is 6.04 Å². The van der Waals surface area contributed by atoms with E-state index in [9.17, 15) is 13.2 Å². The van der Waals surface area contributed by atoms with Crippen LogP contribution in [0, 0.1) is 0 Å². The van der Waals surface area contributed by atoms with Gasteiger partial charge < -0.3 is 10.2 Å². The summed E-state index contributed by atoms with van der Waals surface area (Å²) in [5.41, 5.74) is 2.42. The predicted octanol–water partition coefficient (Wildman–Crippen LogP) is 3.66. The van der Waals surface area contributed by atoms with Crippen molar-refractivity contribution in [2.45, 2.75) is 33.4 Å². The van der Waals surface area contributed by atoms with Crippen LogP contribution in [0.5, 0.6) is 0 Å². The van der Waals surface area contributed by atoms with Crippen LogP contribution in [-0.4, -0.2) is 39.7 Å². The van der Waals surface area contributed by atoms with Crippen molar-refractivity contribution in [2.75, 3.05) is 28.6 Å². The zero-order valence-corrected chi connectivity index (χ0v) is 18.8. The molecule has 0 aliphatic carbocycles. The summed E-state index contributed by atoms with van der Waals surface area (Å²) in [4.78, 5) is 14.9. The topological polar surface area (TPSA) is 69.7 Å². The lowest BCUT2D eigenvalue weighted by atomic mass is 10.2. The van der Waals surface area contributed by atoms with Crippen LogP contribution >= 0.6 is 11.6 Å². The molecule has 0 spiro atoms. The van der Waals surface area contributed by atoms with Crippen molar-refractivity contribution in [3.63, 3.8) is 0 Å². The Morgan fingerprint density at radius 3 is 2.21 bits per heavy atom. The van der Waals surface area contributed by atoms with Gasteiger partial charge in [0, 0.05) is 30.3 Å². The van der Waals surface area contributed by atoms with Gasteiger partial charge in [-0.2, -0.15) is 0 Å². The Balaban J connectivity index is 2.10. The van der Waals surface area contributed by atoms with E-state index in [-0.39, 0.29) is 5.91 Å². The van der Waals surface area contributed by atoms with Crippen LogP contribution in [0.3, 0.4) is 0 Å². The van der Waals surface area contributed by atoms with Crippen molar-refractivity contribution in [1.82, 2.24) is 5.32 Å². The highest BCUT2D eigenvalue weighted by Gasteiger charge is 2.29. The molecule has 1 unspecified atom stereocenters. The number of nitrogens with one attached hydrogen (secondary N) is 1. The number of anilines is 2. The van der Waals surface area contributed by atoms with E-state index >= 15 is 0 Å². The first-order valence-corrected chi connectivity index (χ1v) is 11.8. The molecule has 0 aliphatic rings. The van der Waals surface area contributed by atoms with Crippen LogP contribution < -0.4 is 14.5 Å². The van der Waals surface area contributed by atoms with E-state index in [1.165, 1.54) is 6.07 Å². The third kappa shape index (κ3) is 6.11. The van der Waals surface area contributed by atoms with Crippen molar-refractivity contribution in [3.8, 4) is 0 Å². The van der Waals surface area contributed by atoms with E-state index in [2.05, 4.69) is 24.1 Å². The molecule has 8 heteroatoms. The third-order valence-corrected chi connectivity index (χ3v) is 6.16. The summed E-state index contributed by atoms with van der Waals surface area (Å²) < 4.78 is 25.7. The lowest BCUT2D eigenvalue weighted by Gasteiger charge is -2.28. The fraction of sp³-hybridized carbons (Fsp3) is 0.381. The lowest BCUT2D eigenvalue weighted by Crippen LogP contribution is -2.47. The first kappa shape index (κ1) is 23.0. The number of hydrogen-bond acceptors (Lipinski definition) is 4. The van der Waals surface area contributed by atoms with Crippen LogP contribution in [0.25, 0.3) is 0 Å². The monoisotopic (exact) mass is 437 g/mol. The minimum atomic E-state index is -3.67. The fourth-order valence-corrected chi connectivity index (χ4v) is 4.52. The Morgan fingerprint density at radius 2 is 1.69 bits per heavy atom. The Bertz CT molecular complexity index is 928. The van der Waals surface area contributed by atoms with Gasteiger partial charge in [0.15, 0.2) is 0 Å². The van der Waals surface area contributed by atoms with Crippen molar-refractivity contribution in [1.29, 1.82) is 0 Å². The normalized spacial score (nSPS) is 12.3. The molecule has 2 aromatic carbocycles. The molecule has 0 saturated heterocycles. The number of rotatable bonds is 9. The first-order chi connectivity index (χ1) is 13.7. The first-order valence-electron chi connectivity index (χ1n) is 9.54. The average molecular weight is 438 g/mol. The Kier molecular flexibility index (Phi) is 7.93. The zero-order valence-electron chi connectivity index (χ0n) is 17.2. The maximum Gasteiger partial charge on any atom is 0.243 e. The lowest BCUT2D eigenvalue weighted by molar-refractivity contribution is -0.122. The van der Waals surface area contributed by atoms with Gasteiger partial charge in [-0.25, -0.2) is 8.42 Å². The maximum atomic E-state index is 12.7. The van der Waals surface area contributed by atoms with Crippen LogP contribution in [0.1, 0.15) is 26.3 Å². The SMILES string of the molecule is CCN(CC)c1ccc(CNC(=O)C(C)N(c2cccc(Cl)c2)S(C)(=O)=O)cc1. The van der Waals surface area contributed by atoms with Gasteiger partial charge in [-0.3, -0.25) is 9.10 Å². The van der Waals surface area contributed by atoms with Gasteiger partial charge in [0.25, 0.3) is 0 Å². The highest BCUT2D eigenvalue weighted by Crippen LogP contribution is 2.24. The van der Waals surface area contributed by atoms with E-state index in [1.54, 1.807) is 25.1 Å². The minimum Gasteiger partial charge on any atom is -0.372 e. The summed E-state index contributed by atoms with van der Waals surface area (Å²) in [6.45, 7) is 7.93. The van der Waals surface area contributed by atoms with Gasteiger partial charge in [-0.1, -0.05) is 29.8 Å². The van der Waals surface area contributed by atoms with Gasteiger partial charge in [0.2, 0.25) is 15.9 Å². The molecule has 1 N–H and O–H groups in total. The van der Waals surface area contributed by atoms with E-state index < -0.39 is 16.1 Å². The van der Waals surface area contributed by atoms with E-state index in [4.69, 9.17) is 11.6 Å². The molecule has 0 fully saturated rings. The third-order valence-electron chi connectivity index (χ3n) is 4.68. The van der Waals surface area contributed by atoms with Crippen molar-refractivity contribution in [2.24, 2.45) is 0 Å². The Hall–Kier alpha value is -2.25. The molecule has 0 bridgehead atoms. The molecule has 6 nitrogen and oxygen atoms in total. The molecular weight excluding hydrogens is 410 g/mol. The molecule has 2 aromatic rings. The second-order valence-electron chi connectivity index (χ2n) is 6.77. The van der Waals surface area contributed by atoms with Gasteiger partial charge in [-0.15, -0.1) is 0 Å². The second-order valence-corrected chi connectivity index (χ2v) is 9.07. The van der Waals surface area contributed by atoms with Gasteiger partial charge >= 0.3 is 0 Å². The fourth-order valence-electron chi connectivity index (χ4n) is 3.17. The molecule has 2 rings (SSSR count). The molecule has 1 atom stereocenters. The molecule has 0 radical (unpaired) electrons. The van der Waals surface area contributed by atoms with Crippen molar-refractivity contribution < 1.29 is 13.2 Å². The Morgan fingerprint density at radius 1 is 1.07 bits per heavy atom. The average Bonchev–Trinajstić information content (AvgIpc) is 2.67. The number of hydrogen-bond donors (Lipinski definition) is 1. The number of nitrogens with zero attached hydrogens (tertiary/aromatic N) is 2. The highest BCUT2D eigenvalue weighted by atomic mass is 35.5. The molecule has 0 aromatic heterocycles. The summed E-state index contributed by atoms with van der Waals surface area (Å²) in [5, 5.41) is 3.22. The van der Waals surface area contributed by atoms with Gasteiger partial charge in [0.05, 0.1) is 11.9 Å². The Labute approximate surface area is 178 Å². The molecular formula is C21H28ClN3O3S. The van der Waals surface area contributed by atoms with Crippen LogP contribution in [0.15, 0.2) is 48.5 Å². The van der Waals surface area contributed by atoms with Crippen molar-refractivity contribution in [3.05, 3.63) is 59.1 Å². The van der Waals surface area contributed by atoms with Crippen molar-refractivity contribution >= 4 is 38.9 Å². The summed E-state index contributed by atoms with van der Waals surface area (Å²) in [5.74, 6) is -0.386. The number of amides is 1. The smallest absolute Gasteiger partial charge is 0.243 e. The summed E-state index contributed by atoms with van der Waals surface area (Å²) in [7, 11) is -3.67. The molecule has 1 amide bonds.